The predicted octanol–water partition coefficient (Wildman–Crippen LogP) is 0.0411. The highest BCUT2D eigenvalue weighted by Gasteiger charge is 2.18. The topological polar surface area (TPSA) is 85.8 Å². The number of carbonyl (C=O) groups is 1. The number of carbonyl (C=O) groups excluding carboxylic acids is 1. The molecule has 0 saturated heterocycles. The summed E-state index contributed by atoms with van der Waals surface area (Å²) < 4.78 is 0. The van der Waals surface area contributed by atoms with E-state index < -0.39 is 6.03 Å². The van der Waals surface area contributed by atoms with Crippen molar-refractivity contribution in [2.75, 3.05) is 10.5 Å². The molecule has 0 bridgehead atoms. The molecule has 3 aromatic heterocycles. The molecule has 3 rings (SSSR count). The lowest BCUT2D eigenvalue weighted by Crippen LogP contribution is -2.49. The average molecular weight is 258 g/mol. The Balaban J connectivity index is 1.89. The van der Waals surface area contributed by atoms with Crippen LogP contribution >= 0.6 is 0 Å². The van der Waals surface area contributed by atoms with E-state index in [1.165, 1.54) is 19.5 Å². The Morgan fingerprint density at radius 1 is 0.895 bits per heavy atom. The molecule has 9 nitrogen and oxygen atoms in total. The molecule has 19 heavy (non-hydrogen) atoms. The van der Waals surface area contributed by atoms with Crippen LogP contribution in [-0.2, 0) is 0 Å². The largest absolute Gasteiger partial charge is 0.379 e. The number of nitrogens with zero attached hydrogens (tertiary/aromatic N) is 7. The van der Waals surface area contributed by atoms with Gasteiger partial charge in [0.05, 0.1) is 31.0 Å². The van der Waals surface area contributed by atoms with Gasteiger partial charge in [0.25, 0.3) is 0 Å². The zero-order valence-electron chi connectivity index (χ0n) is 9.73. The van der Waals surface area contributed by atoms with Gasteiger partial charge in [0.1, 0.15) is 0 Å². The van der Waals surface area contributed by atoms with Crippen molar-refractivity contribution in [3.63, 3.8) is 0 Å². The molecular formula is C10H10N8O. The minimum Gasteiger partial charge on any atom is -0.243 e. The molecule has 0 saturated carbocycles. The lowest BCUT2D eigenvalue weighted by Gasteiger charge is -2.21. The molecule has 0 aromatic carbocycles. The third-order valence-corrected chi connectivity index (χ3v) is 2.27. The van der Waals surface area contributed by atoms with Gasteiger partial charge in [0, 0.05) is 6.20 Å². The zero-order valence-corrected chi connectivity index (χ0v) is 9.73. The molecule has 0 spiro atoms. The molecule has 2 amide bonds. The molecule has 0 fully saturated rings. The van der Waals surface area contributed by atoms with Gasteiger partial charge in [0.15, 0.2) is 0 Å². The Labute approximate surface area is 107 Å². The molecular weight excluding hydrogens is 248 g/mol. The quantitative estimate of drug-likeness (QED) is 0.718. The third kappa shape index (κ3) is 2.16. The minimum absolute atomic E-state index is 0.462. The van der Waals surface area contributed by atoms with Gasteiger partial charge in [-0.25, -0.2) is 10.2 Å². The van der Waals surface area contributed by atoms with Crippen LogP contribution in [0, 0.1) is 0 Å². The first-order valence-electron chi connectivity index (χ1n) is 5.45. The summed E-state index contributed by atoms with van der Waals surface area (Å²) >= 11 is 0. The molecule has 96 valence electrons. The van der Waals surface area contributed by atoms with Crippen LogP contribution in [0.1, 0.15) is 0 Å². The minimum atomic E-state index is -0.462. The first-order valence-corrected chi connectivity index (χ1v) is 5.45. The number of aromatic nitrogens is 6. The van der Waals surface area contributed by atoms with Crippen molar-refractivity contribution >= 4 is 6.03 Å². The van der Waals surface area contributed by atoms with Crippen LogP contribution in [-0.4, -0.2) is 35.7 Å². The van der Waals surface area contributed by atoms with Crippen LogP contribution in [0.4, 0.5) is 4.79 Å². The van der Waals surface area contributed by atoms with Crippen LogP contribution < -0.4 is 10.5 Å². The number of nitrogens with one attached hydrogen (secondary N) is 1. The van der Waals surface area contributed by atoms with Crippen molar-refractivity contribution in [3.05, 3.63) is 55.4 Å². The van der Waals surface area contributed by atoms with E-state index >= 15 is 0 Å². The number of rotatable bonds is 3. The first kappa shape index (κ1) is 11.0. The van der Waals surface area contributed by atoms with E-state index in [-0.39, 0.29) is 0 Å². The average Bonchev–Trinajstić information content (AvgIpc) is 3.11. The Morgan fingerprint density at radius 3 is 1.95 bits per heavy atom. The first-order chi connectivity index (χ1) is 9.34. The van der Waals surface area contributed by atoms with E-state index in [1.54, 1.807) is 55.4 Å². The van der Waals surface area contributed by atoms with Gasteiger partial charge in [-0.15, -0.1) is 0 Å². The second kappa shape index (κ2) is 4.64. The Morgan fingerprint density at radius 2 is 1.47 bits per heavy atom. The Bertz CT molecular complexity index is 593. The van der Waals surface area contributed by atoms with Crippen molar-refractivity contribution in [2.45, 2.75) is 0 Å². The molecule has 0 unspecified atom stereocenters. The van der Waals surface area contributed by atoms with Crippen molar-refractivity contribution in [1.29, 1.82) is 0 Å². The fourth-order valence-corrected chi connectivity index (χ4v) is 1.50. The highest BCUT2D eigenvalue weighted by atomic mass is 16.2. The van der Waals surface area contributed by atoms with Crippen LogP contribution in [0.25, 0.3) is 0 Å². The second-order valence-corrected chi connectivity index (χ2v) is 3.51. The lowest BCUT2D eigenvalue weighted by molar-refractivity contribution is 0.241. The Hall–Kier alpha value is -3.10. The van der Waals surface area contributed by atoms with E-state index in [4.69, 9.17) is 0 Å². The van der Waals surface area contributed by atoms with E-state index in [2.05, 4.69) is 20.7 Å². The molecule has 0 atom stereocenters. The maximum Gasteiger partial charge on any atom is 0.379 e. The van der Waals surface area contributed by atoms with Gasteiger partial charge in [-0.1, -0.05) is 5.12 Å². The van der Waals surface area contributed by atoms with E-state index in [0.717, 1.165) is 0 Å². The number of hydrogen-bond donors (Lipinski definition) is 1. The fourth-order valence-electron chi connectivity index (χ4n) is 1.50. The summed E-state index contributed by atoms with van der Waals surface area (Å²) in [4.78, 5) is 16.2. The van der Waals surface area contributed by atoms with Crippen molar-refractivity contribution in [2.24, 2.45) is 0 Å². The van der Waals surface area contributed by atoms with E-state index in [9.17, 15) is 4.79 Å². The fraction of sp³-hybridized carbons (Fsp3) is 0. The van der Waals surface area contributed by atoms with Crippen LogP contribution in [0.15, 0.2) is 55.4 Å². The van der Waals surface area contributed by atoms with Crippen molar-refractivity contribution in [1.82, 2.24) is 29.7 Å². The summed E-state index contributed by atoms with van der Waals surface area (Å²) in [5, 5.41) is 13.1. The molecule has 0 aliphatic carbocycles. The summed E-state index contributed by atoms with van der Waals surface area (Å²) in [6.07, 6.45) is 9.57. The van der Waals surface area contributed by atoms with Gasteiger partial charge < -0.3 is 0 Å². The number of hydrogen-bond acceptors (Lipinski definition) is 4. The highest BCUT2D eigenvalue weighted by Crippen LogP contribution is 1.96. The summed E-state index contributed by atoms with van der Waals surface area (Å²) in [6, 6.07) is 4.65. The summed E-state index contributed by atoms with van der Waals surface area (Å²) in [5.41, 5.74) is 2.57. The van der Waals surface area contributed by atoms with Gasteiger partial charge in [-0.05, 0) is 18.2 Å². The normalized spacial score (nSPS) is 10.3. The van der Waals surface area contributed by atoms with Crippen LogP contribution in [0.3, 0.4) is 0 Å². The molecule has 3 aromatic rings. The maximum atomic E-state index is 12.2. The van der Waals surface area contributed by atoms with Gasteiger partial charge in [-0.2, -0.15) is 29.7 Å². The molecule has 0 radical (unpaired) electrons. The molecule has 0 aliphatic heterocycles. The zero-order chi connectivity index (χ0) is 13.1. The van der Waals surface area contributed by atoms with E-state index in [1.807, 2.05) is 0 Å². The lowest BCUT2D eigenvalue weighted by atomic mass is 10.8. The SMILES string of the molecule is O=C(Nn1cccn1)N(n1cccn1)n1cccn1. The van der Waals surface area contributed by atoms with Crippen molar-refractivity contribution in [3.8, 4) is 0 Å². The Kier molecular flexibility index (Phi) is 2.69. The highest BCUT2D eigenvalue weighted by molar-refractivity contribution is 5.90. The molecule has 3 heterocycles. The summed E-state index contributed by atoms with van der Waals surface area (Å²) in [5.74, 6) is 0. The van der Waals surface area contributed by atoms with Gasteiger partial charge >= 0.3 is 6.03 Å². The molecule has 1 N–H and O–H groups in total. The molecule has 0 aliphatic rings. The predicted molar refractivity (Wildman–Crippen MR) is 65.1 cm³/mol. The van der Waals surface area contributed by atoms with E-state index in [0.29, 0.717) is 0 Å². The third-order valence-electron chi connectivity index (χ3n) is 2.27. The van der Waals surface area contributed by atoms with Crippen molar-refractivity contribution < 1.29 is 4.79 Å². The van der Waals surface area contributed by atoms with Crippen LogP contribution in [0.2, 0.25) is 0 Å². The second-order valence-electron chi connectivity index (χ2n) is 3.51. The number of urea groups is 1. The monoisotopic (exact) mass is 258 g/mol. The standard InChI is InChI=1S/C10H10N8O/c19-10(14-15-7-1-4-11-15)18(16-8-2-5-12-16)17-9-3-6-13-17/h1-9H,(H,14,19). The van der Waals surface area contributed by atoms with Gasteiger partial charge in [0.2, 0.25) is 0 Å². The number of amides is 2. The summed E-state index contributed by atoms with van der Waals surface area (Å²) in [6.45, 7) is 0. The molecule has 9 heteroatoms. The maximum absolute atomic E-state index is 12.2. The van der Waals surface area contributed by atoms with Crippen LogP contribution in [0.5, 0.6) is 0 Å². The summed E-state index contributed by atoms with van der Waals surface area (Å²) in [7, 11) is 0. The smallest absolute Gasteiger partial charge is 0.243 e. The van der Waals surface area contributed by atoms with Gasteiger partial charge in [-0.3, -0.25) is 0 Å².